The summed E-state index contributed by atoms with van der Waals surface area (Å²) in [7, 11) is 1.60. The van der Waals surface area contributed by atoms with Crippen molar-refractivity contribution in [2.75, 3.05) is 7.05 Å². The van der Waals surface area contributed by atoms with Gasteiger partial charge < -0.3 is 5.32 Å². The third-order valence-electron chi connectivity index (χ3n) is 2.47. The molecule has 5 heteroatoms. The van der Waals surface area contributed by atoms with E-state index in [1.807, 2.05) is 31.2 Å². The normalized spacial score (nSPS) is 10.2. The van der Waals surface area contributed by atoms with E-state index in [0.717, 1.165) is 11.3 Å². The first-order valence-electron chi connectivity index (χ1n) is 5.37. The molecule has 17 heavy (non-hydrogen) atoms. The summed E-state index contributed by atoms with van der Waals surface area (Å²) in [6, 6.07) is 8.02. The van der Waals surface area contributed by atoms with Crippen LogP contribution in [0.2, 0.25) is 0 Å². The Hall–Kier alpha value is -2.17. The molecule has 0 aliphatic heterocycles. The molecule has 0 fully saturated rings. The van der Waals surface area contributed by atoms with Crippen LogP contribution in [0.5, 0.6) is 0 Å². The van der Waals surface area contributed by atoms with Crippen molar-refractivity contribution in [1.29, 1.82) is 0 Å². The first-order valence-corrected chi connectivity index (χ1v) is 5.37. The van der Waals surface area contributed by atoms with Gasteiger partial charge in [0.05, 0.1) is 6.20 Å². The molecular weight excluding hydrogens is 216 g/mol. The summed E-state index contributed by atoms with van der Waals surface area (Å²) in [5.41, 5.74) is 2.97. The second-order valence-electron chi connectivity index (χ2n) is 3.84. The highest BCUT2D eigenvalue weighted by atomic mass is 16.1. The molecule has 1 aromatic carbocycles. The molecule has 1 aromatic heterocycles. The van der Waals surface area contributed by atoms with Gasteiger partial charge in [0.2, 0.25) is 5.91 Å². The predicted octanol–water partition coefficient (Wildman–Crippen LogP) is 1.000. The average molecular weight is 230 g/mol. The number of likely N-dealkylation sites (N-methyl/N-ethyl adjacent to an activating group) is 1. The minimum absolute atomic E-state index is 0.0923. The Morgan fingerprint density at radius 1 is 1.35 bits per heavy atom. The van der Waals surface area contributed by atoms with Gasteiger partial charge in [0.25, 0.3) is 0 Å². The average Bonchev–Trinajstić information content (AvgIpc) is 2.78. The summed E-state index contributed by atoms with van der Waals surface area (Å²) in [5, 5.41) is 10.5. The van der Waals surface area contributed by atoms with Crippen LogP contribution in [0.3, 0.4) is 0 Å². The van der Waals surface area contributed by atoms with E-state index in [1.54, 1.807) is 13.2 Å². The number of amides is 1. The van der Waals surface area contributed by atoms with E-state index >= 15 is 0 Å². The van der Waals surface area contributed by atoms with E-state index in [1.165, 1.54) is 10.2 Å². The fourth-order valence-corrected chi connectivity index (χ4v) is 1.46. The lowest BCUT2D eigenvalue weighted by Gasteiger charge is -1.98. The molecule has 0 unspecified atom stereocenters. The smallest absolute Gasteiger partial charge is 0.241 e. The van der Waals surface area contributed by atoms with E-state index in [-0.39, 0.29) is 12.5 Å². The molecule has 88 valence electrons. The third-order valence-corrected chi connectivity index (χ3v) is 2.47. The van der Waals surface area contributed by atoms with Gasteiger partial charge in [-0.1, -0.05) is 35.0 Å². The van der Waals surface area contributed by atoms with Crippen LogP contribution in [0, 0.1) is 6.92 Å². The maximum atomic E-state index is 11.2. The van der Waals surface area contributed by atoms with Gasteiger partial charge in [0.15, 0.2) is 0 Å². The lowest BCUT2D eigenvalue weighted by Crippen LogP contribution is -2.23. The minimum atomic E-state index is -0.0923. The molecule has 1 heterocycles. The van der Waals surface area contributed by atoms with Crippen molar-refractivity contribution in [2.24, 2.45) is 0 Å². The lowest BCUT2D eigenvalue weighted by atomic mass is 10.1. The summed E-state index contributed by atoms with van der Waals surface area (Å²) in [6.07, 6.45) is 1.76. The number of carbonyl (C=O) groups is 1. The Balaban J connectivity index is 2.18. The largest absolute Gasteiger partial charge is 0.358 e. The van der Waals surface area contributed by atoms with Gasteiger partial charge >= 0.3 is 0 Å². The molecule has 5 nitrogen and oxygen atoms in total. The van der Waals surface area contributed by atoms with E-state index in [0.29, 0.717) is 0 Å². The topological polar surface area (TPSA) is 59.8 Å². The van der Waals surface area contributed by atoms with E-state index < -0.39 is 0 Å². The maximum Gasteiger partial charge on any atom is 0.241 e. The highest BCUT2D eigenvalue weighted by molar-refractivity contribution is 5.75. The zero-order valence-corrected chi connectivity index (χ0v) is 9.84. The van der Waals surface area contributed by atoms with Crippen molar-refractivity contribution in [3.63, 3.8) is 0 Å². The zero-order valence-electron chi connectivity index (χ0n) is 9.84. The highest BCUT2D eigenvalue weighted by Gasteiger charge is 2.05. The molecule has 0 radical (unpaired) electrons. The van der Waals surface area contributed by atoms with Crippen molar-refractivity contribution < 1.29 is 4.79 Å². The van der Waals surface area contributed by atoms with E-state index in [4.69, 9.17) is 0 Å². The van der Waals surface area contributed by atoms with Crippen molar-refractivity contribution in [3.8, 4) is 11.3 Å². The summed E-state index contributed by atoms with van der Waals surface area (Å²) >= 11 is 0. The molecule has 1 N–H and O–H groups in total. The van der Waals surface area contributed by atoms with Crippen molar-refractivity contribution in [3.05, 3.63) is 36.0 Å². The molecule has 2 aromatic rings. The molecule has 1 amide bonds. The predicted molar refractivity (Wildman–Crippen MR) is 64.3 cm³/mol. The monoisotopic (exact) mass is 230 g/mol. The minimum Gasteiger partial charge on any atom is -0.358 e. The van der Waals surface area contributed by atoms with Crippen molar-refractivity contribution >= 4 is 5.91 Å². The molecule has 0 saturated heterocycles. The summed E-state index contributed by atoms with van der Waals surface area (Å²) in [4.78, 5) is 11.2. The number of hydrogen-bond donors (Lipinski definition) is 1. The molecule has 0 bridgehead atoms. The first-order chi connectivity index (χ1) is 8.19. The van der Waals surface area contributed by atoms with Crippen LogP contribution in [0.25, 0.3) is 11.3 Å². The molecule has 0 aliphatic carbocycles. The Morgan fingerprint density at radius 3 is 2.71 bits per heavy atom. The van der Waals surface area contributed by atoms with E-state index in [9.17, 15) is 4.79 Å². The number of rotatable bonds is 3. The molecular formula is C12H14N4O. The first kappa shape index (κ1) is 11.3. The third kappa shape index (κ3) is 2.69. The molecule has 0 spiro atoms. The van der Waals surface area contributed by atoms with Crippen LogP contribution < -0.4 is 5.32 Å². The molecule has 2 rings (SSSR count). The van der Waals surface area contributed by atoms with Gasteiger partial charge in [-0.25, -0.2) is 4.68 Å². The number of aromatic nitrogens is 3. The molecule has 0 atom stereocenters. The fourth-order valence-electron chi connectivity index (χ4n) is 1.46. The van der Waals surface area contributed by atoms with Gasteiger partial charge in [-0.15, -0.1) is 5.10 Å². The standard InChI is InChI=1S/C12H14N4O/c1-9-3-5-10(6-4-9)11-7-16(15-14-11)8-12(17)13-2/h3-7H,8H2,1-2H3,(H,13,17). The number of benzene rings is 1. The van der Waals surface area contributed by atoms with Crippen LogP contribution >= 0.6 is 0 Å². The Kier molecular flexibility index (Phi) is 3.18. The van der Waals surface area contributed by atoms with E-state index in [2.05, 4.69) is 15.6 Å². The quantitative estimate of drug-likeness (QED) is 0.855. The van der Waals surface area contributed by atoms with Crippen LogP contribution in [0.4, 0.5) is 0 Å². The maximum absolute atomic E-state index is 11.2. The lowest BCUT2D eigenvalue weighted by molar-refractivity contribution is -0.121. The second-order valence-corrected chi connectivity index (χ2v) is 3.84. The van der Waals surface area contributed by atoms with Gasteiger partial charge in [0.1, 0.15) is 12.2 Å². The van der Waals surface area contributed by atoms with Gasteiger partial charge in [-0.3, -0.25) is 4.79 Å². The molecule has 0 saturated carbocycles. The fraction of sp³-hybridized carbons (Fsp3) is 0.250. The van der Waals surface area contributed by atoms with Crippen molar-refractivity contribution in [1.82, 2.24) is 20.3 Å². The Morgan fingerprint density at radius 2 is 2.06 bits per heavy atom. The van der Waals surface area contributed by atoms with Gasteiger partial charge in [-0.05, 0) is 6.92 Å². The van der Waals surface area contributed by atoms with Crippen LogP contribution in [-0.2, 0) is 11.3 Å². The summed E-state index contributed by atoms with van der Waals surface area (Å²) in [6.45, 7) is 2.22. The number of aryl methyl sites for hydroxylation is 1. The van der Waals surface area contributed by atoms with Gasteiger partial charge in [0, 0.05) is 12.6 Å². The zero-order chi connectivity index (χ0) is 12.3. The summed E-state index contributed by atoms with van der Waals surface area (Å²) in [5.74, 6) is -0.0923. The van der Waals surface area contributed by atoms with Crippen LogP contribution in [-0.4, -0.2) is 27.9 Å². The number of nitrogens with zero attached hydrogens (tertiary/aromatic N) is 3. The van der Waals surface area contributed by atoms with Gasteiger partial charge in [-0.2, -0.15) is 0 Å². The second kappa shape index (κ2) is 4.78. The Bertz CT molecular complexity index is 516. The highest BCUT2D eigenvalue weighted by Crippen LogP contribution is 2.16. The molecule has 0 aliphatic rings. The van der Waals surface area contributed by atoms with Crippen molar-refractivity contribution in [2.45, 2.75) is 13.5 Å². The number of hydrogen-bond acceptors (Lipinski definition) is 3. The Labute approximate surface area is 99.5 Å². The number of carbonyl (C=O) groups excluding carboxylic acids is 1. The number of nitrogens with one attached hydrogen (secondary N) is 1. The van der Waals surface area contributed by atoms with Crippen LogP contribution in [0.15, 0.2) is 30.5 Å². The SMILES string of the molecule is CNC(=O)Cn1cc(-c2ccc(C)cc2)nn1. The van der Waals surface area contributed by atoms with Crippen LogP contribution in [0.1, 0.15) is 5.56 Å². The summed E-state index contributed by atoms with van der Waals surface area (Å²) < 4.78 is 1.52.